The van der Waals surface area contributed by atoms with Gasteiger partial charge >= 0.3 is 0 Å². The van der Waals surface area contributed by atoms with E-state index in [2.05, 4.69) is 83.5 Å². The molecule has 2 aliphatic carbocycles. The standard InChI is InChI=1S/C30H34N2S/c33-26-13-14-28-24(19-26)7-4-8-27(22-5-2-1-3-6-22)29(28)23-9-11-25(12-10-23)32-17-15-30(16-18-32)20-31-21-30/h1-2,5,9-14,19,31,33H,3-4,6-8,15-18,20-21H2. The molecule has 0 saturated carbocycles. The number of hydrogen-bond acceptors (Lipinski definition) is 3. The summed E-state index contributed by atoms with van der Waals surface area (Å²) < 4.78 is 0. The summed E-state index contributed by atoms with van der Waals surface area (Å²) in [6.07, 6.45) is 15.3. The van der Waals surface area contributed by atoms with Crippen LogP contribution in [0.2, 0.25) is 0 Å². The molecule has 0 radical (unpaired) electrons. The smallest absolute Gasteiger partial charge is 0.0366 e. The molecule has 2 aromatic carbocycles. The van der Waals surface area contributed by atoms with Gasteiger partial charge in [0.25, 0.3) is 0 Å². The summed E-state index contributed by atoms with van der Waals surface area (Å²) in [5.41, 5.74) is 10.7. The third-order valence-corrected chi connectivity index (χ3v) is 8.56. The average Bonchev–Trinajstić information content (AvgIpc) is 3.03. The van der Waals surface area contributed by atoms with Crippen molar-refractivity contribution in [1.82, 2.24) is 5.32 Å². The second-order valence-corrected chi connectivity index (χ2v) is 10.9. The van der Waals surface area contributed by atoms with E-state index in [1.54, 1.807) is 5.57 Å². The Balaban J connectivity index is 1.37. The lowest BCUT2D eigenvalue weighted by Crippen LogP contribution is -2.58. The summed E-state index contributed by atoms with van der Waals surface area (Å²) in [7, 11) is 0. The molecule has 0 unspecified atom stereocenters. The highest BCUT2D eigenvalue weighted by atomic mass is 32.1. The molecule has 2 nitrogen and oxygen atoms in total. The van der Waals surface area contributed by atoms with E-state index in [4.69, 9.17) is 0 Å². The fourth-order valence-electron chi connectivity index (χ4n) is 6.19. The number of thiol groups is 1. The fourth-order valence-corrected chi connectivity index (χ4v) is 6.42. The number of hydrogen-bond donors (Lipinski definition) is 2. The van der Waals surface area contributed by atoms with E-state index in [1.165, 1.54) is 79.0 Å². The molecule has 2 fully saturated rings. The highest BCUT2D eigenvalue weighted by Crippen LogP contribution is 2.41. The summed E-state index contributed by atoms with van der Waals surface area (Å²) in [5.74, 6) is 0. The van der Waals surface area contributed by atoms with E-state index >= 15 is 0 Å². The van der Waals surface area contributed by atoms with Crippen LogP contribution in [0.25, 0.3) is 5.57 Å². The second kappa shape index (κ2) is 8.85. The van der Waals surface area contributed by atoms with Gasteiger partial charge in [-0.3, -0.25) is 0 Å². The lowest BCUT2D eigenvalue weighted by atomic mass is 9.73. The van der Waals surface area contributed by atoms with Gasteiger partial charge in [0.15, 0.2) is 0 Å². The third kappa shape index (κ3) is 4.11. The number of rotatable bonds is 3. The van der Waals surface area contributed by atoms with Crippen LogP contribution in [0.1, 0.15) is 55.2 Å². The first-order valence-electron chi connectivity index (χ1n) is 12.7. The maximum Gasteiger partial charge on any atom is 0.0366 e. The molecule has 2 heterocycles. The number of anilines is 1. The van der Waals surface area contributed by atoms with Gasteiger partial charge in [-0.2, -0.15) is 0 Å². The molecule has 4 aliphatic rings. The minimum Gasteiger partial charge on any atom is -0.371 e. The van der Waals surface area contributed by atoms with E-state index in [1.807, 2.05) is 0 Å². The van der Waals surface area contributed by atoms with Crippen LogP contribution in [0.5, 0.6) is 0 Å². The lowest BCUT2D eigenvalue weighted by molar-refractivity contribution is 0.126. The molecule has 33 heavy (non-hydrogen) atoms. The van der Waals surface area contributed by atoms with E-state index in [0.29, 0.717) is 5.41 Å². The van der Waals surface area contributed by atoms with Crippen molar-refractivity contribution < 1.29 is 0 Å². The van der Waals surface area contributed by atoms with Crippen molar-refractivity contribution in [3.8, 4) is 0 Å². The number of fused-ring (bicyclic) bond motifs is 1. The molecular formula is C30H34N2S. The van der Waals surface area contributed by atoms with Gasteiger partial charge in [0, 0.05) is 36.8 Å². The molecule has 3 heteroatoms. The summed E-state index contributed by atoms with van der Waals surface area (Å²) >= 11 is 4.64. The maximum atomic E-state index is 4.64. The van der Waals surface area contributed by atoms with Gasteiger partial charge in [0.1, 0.15) is 0 Å². The molecule has 0 atom stereocenters. The Hall–Kier alpha value is -2.23. The molecular weight excluding hydrogens is 420 g/mol. The highest BCUT2D eigenvalue weighted by Gasteiger charge is 2.39. The number of allylic oxidation sites excluding steroid dienone is 5. The topological polar surface area (TPSA) is 15.3 Å². The zero-order valence-corrected chi connectivity index (χ0v) is 20.3. The highest BCUT2D eigenvalue weighted by molar-refractivity contribution is 7.80. The number of piperidine rings is 1. The van der Waals surface area contributed by atoms with Crippen LogP contribution in [0, 0.1) is 5.41 Å². The Labute approximate surface area is 203 Å². The quantitative estimate of drug-likeness (QED) is 0.509. The third-order valence-electron chi connectivity index (χ3n) is 8.28. The first kappa shape index (κ1) is 21.3. The number of aryl methyl sites for hydroxylation is 1. The van der Waals surface area contributed by atoms with Crippen molar-refractivity contribution in [3.05, 3.63) is 88.5 Å². The van der Waals surface area contributed by atoms with Crippen LogP contribution in [-0.4, -0.2) is 26.2 Å². The predicted molar refractivity (Wildman–Crippen MR) is 142 cm³/mol. The molecule has 6 rings (SSSR count). The molecule has 2 aromatic rings. The Morgan fingerprint density at radius 3 is 2.42 bits per heavy atom. The van der Waals surface area contributed by atoms with Gasteiger partial charge in [-0.15, -0.1) is 12.6 Å². The average molecular weight is 455 g/mol. The van der Waals surface area contributed by atoms with Crippen molar-refractivity contribution >= 4 is 23.9 Å². The first-order valence-corrected chi connectivity index (χ1v) is 13.1. The Morgan fingerprint density at radius 1 is 0.909 bits per heavy atom. The van der Waals surface area contributed by atoms with Crippen molar-refractivity contribution in [2.75, 3.05) is 31.1 Å². The fraction of sp³-hybridized carbons (Fsp3) is 0.400. The minimum absolute atomic E-state index is 0.591. The predicted octanol–water partition coefficient (Wildman–Crippen LogP) is 6.58. The van der Waals surface area contributed by atoms with Crippen LogP contribution in [0.3, 0.4) is 0 Å². The second-order valence-electron chi connectivity index (χ2n) is 10.3. The summed E-state index contributed by atoms with van der Waals surface area (Å²) in [6, 6.07) is 16.2. The molecule has 1 N–H and O–H groups in total. The lowest BCUT2D eigenvalue weighted by Gasteiger charge is -2.49. The Bertz CT molecular complexity index is 1120. The number of benzene rings is 2. The largest absolute Gasteiger partial charge is 0.371 e. The van der Waals surface area contributed by atoms with Crippen molar-refractivity contribution in [3.63, 3.8) is 0 Å². The maximum absolute atomic E-state index is 4.64. The normalized spacial score (nSPS) is 22.0. The van der Waals surface area contributed by atoms with Crippen LogP contribution in [0.4, 0.5) is 5.69 Å². The zero-order valence-electron chi connectivity index (χ0n) is 19.4. The summed E-state index contributed by atoms with van der Waals surface area (Å²) in [6.45, 7) is 4.80. The minimum atomic E-state index is 0.591. The molecule has 2 saturated heterocycles. The van der Waals surface area contributed by atoms with Crippen molar-refractivity contribution in [2.45, 2.75) is 49.8 Å². The summed E-state index contributed by atoms with van der Waals surface area (Å²) in [5, 5.41) is 3.48. The SMILES string of the molecule is Sc1ccc2c(c1)CCCC(C1=CC=CCC1)=C2c1ccc(N2CCC3(CC2)CNC3)cc1. The molecule has 170 valence electrons. The first-order chi connectivity index (χ1) is 16.2. The molecule has 1 spiro atoms. The van der Waals surface area contributed by atoms with E-state index < -0.39 is 0 Å². The monoisotopic (exact) mass is 454 g/mol. The number of nitrogens with one attached hydrogen (secondary N) is 1. The van der Waals surface area contributed by atoms with Gasteiger partial charge in [-0.05, 0) is 108 Å². The van der Waals surface area contributed by atoms with Crippen molar-refractivity contribution in [1.29, 1.82) is 0 Å². The van der Waals surface area contributed by atoms with Gasteiger partial charge < -0.3 is 10.2 Å². The van der Waals surface area contributed by atoms with Gasteiger partial charge in [-0.1, -0.05) is 36.4 Å². The molecule has 0 bridgehead atoms. The Kier molecular flexibility index (Phi) is 5.72. The van der Waals surface area contributed by atoms with Crippen LogP contribution >= 0.6 is 12.6 Å². The summed E-state index contributed by atoms with van der Waals surface area (Å²) in [4.78, 5) is 3.65. The Morgan fingerprint density at radius 2 is 1.73 bits per heavy atom. The van der Waals surface area contributed by atoms with Crippen LogP contribution < -0.4 is 10.2 Å². The van der Waals surface area contributed by atoms with E-state index in [9.17, 15) is 0 Å². The van der Waals surface area contributed by atoms with E-state index in [-0.39, 0.29) is 0 Å². The molecule has 0 amide bonds. The molecule has 0 aromatic heterocycles. The van der Waals surface area contributed by atoms with Crippen LogP contribution in [0.15, 0.2) is 76.7 Å². The van der Waals surface area contributed by atoms with Gasteiger partial charge in [0.2, 0.25) is 0 Å². The van der Waals surface area contributed by atoms with E-state index in [0.717, 1.165) is 30.6 Å². The van der Waals surface area contributed by atoms with Gasteiger partial charge in [0.05, 0.1) is 0 Å². The number of nitrogens with zero attached hydrogens (tertiary/aromatic N) is 1. The van der Waals surface area contributed by atoms with Crippen LogP contribution in [-0.2, 0) is 6.42 Å². The molecule has 2 aliphatic heterocycles. The van der Waals surface area contributed by atoms with Crippen molar-refractivity contribution in [2.24, 2.45) is 5.41 Å². The zero-order chi connectivity index (χ0) is 22.3. The van der Waals surface area contributed by atoms with Gasteiger partial charge in [-0.25, -0.2) is 0 Å².